The number of rotatable bonds is 5. The first-order chi connectivity index (χ1) is 8.85. The molecule has 0 spiro atoms. The predicted octanol–water partition coefficient (Wildman–Crippen LogP) is 2.11. The van der Waals surface area contributed by atoms with Crippen molar-refractivity contribution < 1.29 is 14.7 Å². The molecule has 0 bridgehead atoms. The molecule has 0 radical (unpaired) electrons. The molecule has 0 aromatic carbocycles. The van der Waals surface area contributed by atoms with Crippen LogP contribution in [0.25, 0.3) is 0 Å². The highest BCUT2D eigenvalue weighted by Crippen LogP contribution is 2.58. The minimum Gasteiger partial charge on any atom is -0.481 e. The SMILES string of the molecule is CN(CCc1cccs1)C(=O)C1C(C(=O)O)C1(C)C. The summed E-state index contributed by atoms with van der Waals surface area (Å²) in [5.74, 6) is -1.83. The molecule has 1 amide bonds. The molecule has 5 heteroatoms. The topological polar surface area (TPSA) is 57.6 Å². The van der Waals surface area contributed by atoms with Gasteiger partial charge in [-0.3, -0.25) is 9.59 Å². The van der Waals surface area contributed by atoms with Gasteiger partial charge >= 0.3 is 5.97 Å². The van der Waals surface area contributed by atoms with Crippen molar-refractivity contribution in [1.29, 1.82) is 0 Å². The Labute approximate surface area is 117 Å². The van der Waals surface area contributed by atoms with Gasteiger partial charge < -0.3 is 10.0 Å². The molecule has 1 aliphatic carbocycles. The van der Waals surface area contributed by atoms with E-state index in [2.05, 4.69) is 0 Å². The number of carbonyl (C=O) groups is 2. The van der Waals surface area contributed by atoms with Crippen LogP contribution in [0.4, 0.5) is 0 Å². The minimum atomic E-state index is -0.866. The highest BCUT2D eigenvalue weighted by molar-refractivity contribution is 7.09. The fourth-order valence-electron chi connectivity index (χ4n) is 2.64. The van der Waals surface area contributed by atoms with E-state index in [-0.39, 0.29) is 11.8 Å². The summed E-state index contributed by atoms with van der Waals surface area (Å²) in [7, 11) is 1.75. The lowest BCUT2D eigenvalue weighted by Gasteiger charge is -2.17. The summed E-state index contributed by atoms with van der Waals surface area (Å²) in [6.45, 7) is 4.33. The van der Waals surface area contributed by atoms with Gasteiger partial charge in [-0.1, -0.05) is 19.9 Å². The molecule has 1 aromatic rings. The maximum atomic E-state index is 12.3. The molecular weight excluding hydrogens is 262 g/mol. The van der Waals surface area contributed by atoms with Gasteiger partial charge in [0.25, 0.3) is 0 Å². The number of carboxylic acid groups (broad SMARTS) is 1. The van der Waals surface area contributed by atoms with E-state index in [0.29, 0.717) is 6.54 Å². The maximum Gasteiger partial charge on any atom is 0.307 e. The summed E-state index contributed by atoms with van der Waals surface area (Å²) in [6, 6.07) is 4.04. The molecule has 1 saturated carbocycles. The van der Waals surface area contributed by atoms with E-state index in [1.807, 2.05) is 31.4 Å². The third-order valence-corrected chi connectivity index (χ3v) is 4.95. The van der Waals surface area contributed by atoms with Gasteiger partial charge in [-0.15, -0.1) is 11.3 Å². The lowest BCUT2D eigenvalue weighted by atomic mass is 10.1. The van der Waals surface area contributed by atoms with Crippen LogP contribution in [0.2, 0.25) is 0 Å². The second kappa shape index (κ2) is 4.96. The van der Waals surface area contributed by atoms with Gasteiger partial charge in [-0.25, -0.2) is 0 Å². The van der Waals surface area contributed by atoms with Crippen molar-refractivity contribution in [2.24, 2.45) is 17.3 Å². The number of nitrogens with zero attached hydrogens (tertiary/aromatic N) is 1. The summed E-state index contributed by atoms with van der Waals surface area (Å²) in [6.07, 6.45) is 0.824. The third kappa shape index (κ3) is 2.66. The third-order valence-electron chi connectivity index (χ3n) is 4.01. The summed E-state index contributed by atoms with van der Waals surface area (Å²) < 4.78 is 0. The van der Waals surface area contributed by atoms with Crippen LogP contribution in [0.1, 0.15) is 18.7 Å². The fraction of sp³-hybridized carbons (Fsp3) is 0.571. The second-order valence-electron chi connectivity index (χ2n) is 5.70. The monoisotopic (exact) mass is 281 g/mol. The normalized spacial score (nSPS) is 23.9. The zero-order valence-corrected chi connectivity index (χ0v) is 12.2. The first kappa shape index (κ1) is 14.1. The van der Waals surface area contributed by atoms with Crippen molar-refractivity contribution in [2.75, 3.05) is 13.6 Å². The Balaban J connectivity index is 1.91. The molecule has 1 heterocycles. The van der Waals surface area contributed by atoms with Gasteiger partial charge in [0, 0.05) is 18.5 Å². The van der Waals surface area contributed by atoms with Crippen LogP contribution in [0.3, 0.4) is 0 Å². The number of hydrogen-bond acceptors (Lipinski definition) is 3. The quantitative estimate of drug-likeness (QED) is 0.899. The average Bonchev–Trinajstić information content (AvgIpc) is 2.73. The highest BCUT2D eigenvalue weighted by Gasteiger charge is 2.66. The molecule has 1 aromatic heterocycles. The first-order valence-electron chi connectivity index (χ1n) is 6.36. The number of carbonyl (C=O) groups excluding carboxylic acids is 1. The average molecular weight is 281 g/mol. The van der Waals surface area contributed by atoms with E-state index in [4.69, 9.17) is 5.11 Å². The molecule has 1 fully saturated rings. The molecule has 2 rings (SSSR count). The molecule has 0 saturated heterocycles. The summed E-state index contributed by atoms with van der Waals surface area (Å²) >= 11 is 1.67. The Morgan fingerprint density at radius 1 is 1.42 bits per heavy atom. The molecule has 2 unspecified atom stereocenters. The summed E-state index contributed by atoms with van der Waals surface area (Å²) in [5.41, 5.74) is -0.417. The molecule has 4 nitrogen and oxygen atoms in total. The van der Waals surface area contributed by atoms with Crippen LogP contribution in [0.15, 0.2) is 17.5 Å². The smallest absolute Gasteiger partial charge is 0.307 e. The van der Waals surface area contributed by atoms with Crippen LogP contribution < -0.4 is 0 Å². The van der Waals surface area contributed by atoms with Crippen molar-refractivity contribution in [3.05, 3.63) is 22.4 Å². The Hall–Kier alpha value is -1.36. The lowest BCUT2D eigenvalue weighted by molar-refractivity contribution is -0.141. The molecule has 1 N–H and O–H groups in total. The Bertz CT molecular complexity index is 481. The molecule has 2 atom stereocenters. The highest BCUT2D eigenvalue weighted by atomic mass is 32.1. The first-order valence-corrected chi connectivity index (χ1v) is 7.24. The predicted molar refractivity (Wildman–Crippen MR) is 74.1 cm³/mol. The fourth-order valence-corrected chi connectivity index (χ4v) is 3.34. The van der Waals surface area contributed by atoms with Gasteiger partial charge in [0.05, 0.1) is 11.8 Å². The number of aliphatic carboxylic acids is 1. The summed E-state index contributed by atoms with van der Waals surface area (Å²) in [5, 5.41) is 11.1. The number of likely N-dealkylation sites (N-methyl/N-ethyl adjacent to an activating group) is 1. The van der Waals surface area contributed by atoms with Crippen molar-refractivity contribution >= 4 is 23.2 Å². The van der Waals surface area contributed by atoms with Gasteiger partial charge in [0.2, 0.25) is 5.91 Å². The van der Waals surface area contributed by atoms with Crippen molar-refractivity contribution in [3.8, 4) is 0 Å². The van der Waals surface area contributed by atoms with Gasteiger partial charge in [0.1, 0.15) is 0 Å². The Kier molecular flexibility index (Phi) is 3.67. The van der Waals surface area contributed by atoms with Gasteiger partial charge in [-0.2, -0.15) is 0 Å². The van der Waals surface area contributed by atoms with Crippen LogP contribution in [0.5, 0.6) is 0 Å². The van der Waals surface area contributed by atoms with E-state index in [9.17, 15) is 9.59 Å². The zero-order valence-electron chi connectivity index (χ0n) is 11.4. The number of hydrogen-bond donors (Lipinski definition) is 1. The van der Waals surface area contributed by atoms with E-state index < -0.39 is 17.3 Å². The minimum absolute atomic E-state index is 0.0473. The standard InChI is InChI=1S/C14H19NO3S/c1-14(2)10(11(14)13(17)18)12(16)15(3)7-6-9-5-4-8-19-9/h4-5,8,10-11H,6-7H2,1-3H3,(H,17,18). The summed E-state index contributed by atoms with van der Waals surface area (Å²) in [4.78, 5) is 26.3. The van der Waals surface area contributed by atoms with E-state index in [1.54, 1.807) is 23.3 Å². The Morgan fingerprint density at radius 2 is 2.11 bits per heavy atom. The van der Waals surface area contributed by atoms with Crippen LogP contribution >= 0.6 is 11.3 Å². The van der Waals surface area contributed by atoms with Gasteiger partial charge in [-0.05, 0) is 23.3 Å². The maximum absolute atomic E-state index is 12.3. The number of carboxylic acids is 1. The lowest BCUT2D eigenvalue weighted by Crippen LogP contribution is -2.31. The zero-order chi connectivity index (χ0) is 14.2. The number of thiophene rings is 1. The van der Waals surface area contributed by atoms with Gasteiger partial charge in [0.15, 0.2) is 0 Å². The van der Waals surface area contributed by atoms with E-state index >= 15 is 0 Å². The van der Waals surface area contributed by atoms with Crippen LogP contribution in [0, 0.1) is 17.3 Å². The second-order valence-corrected chi connectivity index (χ2v) is 6.74. The molecule has 1 aliphatic rings. The largest absolute Gasteiger partial charge is 0.481 e. The molecular formula is C14H19NO3S. The van der Waals surface area contributed by atoms with Crippen molar-refractivity contribution in [1.82, 2.24) is 4.90 Å². The molecule has 0 aliphatic heterocycles. The molecule has 104 valence electrons. The van der Waals surface area contributed by atoms with Crippen molar-refractivity contribution in [3.63, 3.8) is 0 Å². The number of amides is 1. The van der Waals surface area contributed by atoms with Crippen LogP contribution in [-0.4, -0.2) is 35.5 Å². The van der Waals surface area contributed by atoms with Crippen LogP contribution in [-0.2, 0) is 16.0 Å². The van der Waals surface area contributed by atoms with Crippen molar-refractivity contribution in [2.45, 2.75) is 20.3 Å². The van der Waals surface area contributed by atoms with E-state index in [0.717, 1.165) is 6.42 Å². The molecule has 19 heavy (non-hydrogen) atoms. The Morgan fingerprint density at radius 3 is 2.58 bits per heavy atom. The van der Waals surface area contributed by atoms with E-state index in [1.165, 1.54) is 4.88 Å².